The van der Waals surface area contributed by atoms with Gasteiger partial charge in [0.15, 0.2) is 0 Å². The van der Waals surface area contributed by atoms with Gasteiger partial charge in [-0.25, -0.2) is 15.8 Å². The van der Waals surface area contributed by atoms with Crippen molar-refractivity contribution in [1.82, 2.24) is 4.98 Å². The lowest BCUT2D eigenvalue weighted by Crippen LogP contribution is -2.30. The van der Waals surface area contributed by atoms with E-state index in [1.807, 2.05) is 19.1 Å². The molecule has 0 unspecified atom stereocenters. The molecule has 0 radical (unpaired) electrons. The minimum Gasteiger partial charge on any atom is -0.368 e. The third kappa shape index (κ3) is 2.05. The molecular formula is C9H13N5O. The molecule has 1 aromatic heterocycles. The predicted octanol–water partition coefficient (Wildman–Crippen LogP) is 0.0434. The first-order valence-corrected chi connectivity index (χ1v) is 4.59. The Morgan fingerprint density at radius 2 is 2.40 bits per heavy atom. The molecule has 0 aliphatic carbocycles. The summed E-state index contributed by atoms with van der Waals surface area (Å²) < 4.78 is 5.19. The number of aromatic nitrogens is 1. The van der Waals surface area contributed by atoms with Gasteiger partial charge in [0, 0.05) is 11.3 Å². The van der Waals surface area contributed by atoms with Crippen LogP contribution in [-0.2, 0) is 4.74 Å². The second-order valence-corrected chi connectivity index (χ2v) is 3.34. The molecule has 0 aromatic carbocycles. The largest absolute Gasteiger partial charge is 0.368 e. The van der Waals surface area contributed by atoms with Crippen molar-refractivity contribution in [3.05, 3.63) is 23.4 Å². The van der Waals surface area contributed by atoms with Gasteiger partial charge in [0.1, 0.15) is 18.3 Å². The van der Waals surface area contributed by atoms with Crippen molar-refractivity contribution < 1.29 is 4.74 Å². The second-order valence-electron chi connectivity index (χ2n) is 3.34. The molecular weight excluding hydrogens is 194 g/mol. The highest BCUT2D eigenvalue weighted by Gasteiger charge is 2.27. The summed E-state index contributed by atoms with van der Waals surface area (Å²) in [7, 11) is 0. The molecule has 4 N–H and O–H groups in total. The number of nitrogens with two attached hydrogens (primary N) is 2. The van der Waals surface area contributed by atoms with Crippen molar-refractivity contribution in [3.8, 4) is 0 Å². The highest BCUT2D eigenvalue weighted by molar-refractivity contribution is 5.75. The van der Waals surface area contributed by atoms with Crippen LogP contribution in [0.4, 0.5) is 5.82 Å². The van der Waals surface area contributed by atoms with Crippen molar-refractivity contribution >= 4 is 12.2 Å². The van der Waals surface area contributed by atoms with Gasteiger partial charge in [0.2, 0.25) is 0 Å². The number of aryl methyl sites for hydroxylation is 1. The van der Waals surface area contributed by atoms with Gasteiger partial charge in [-0.3, -0.25) is 0 Å². The van der Waals surface area contributed by atoms with Crippen LogP contribution in [0.1, 0.15) is 17.4 Å². The van der Waals surface area contributed by atoms with Crippen LogP contribution in [0.2, 0.25) is 0 Å². The van der Waals surface area contributed by atoms with Crippen molar-refractivity contribution in [2.24, 2.45) is 16.8 Å². The first-order valence-electron chi connectivity index (χ1n) is 4.59. The zero-order valence-corrected chi connectivity index (χ0v) is 8.42. The van der Waals surface area contributed by atoms with Crippen LogP contribution in [0.5, 0.6) is 0 Å². The normalized spacial score (nSPS) is 19.5. The summed E-state index contributed by atoms with van der Waals surface area (Å²) in [6.45, 7) is 2.70. The van der Waals surface area contributed by atoms with E-state index >= 15 is 0 Å². The Morgan fingerprint density at radius 3 is 2.93 bits per heavy atom. The standard InChI is InChI=1S/C9H13N5O/c1-6-7(8-4-15-8)2-3-9(13-6)14(11)5-12-10/h2-3,5,8H,4,10-11H2,1H3/b12-5-/t8-/m1/s1. The van der Waals surface area contributed by atoms with Crippen molar-refractivity contribution in [1.29, 1.82) is 0 Å². The zero-order chi connectivity index (χ0) is 10.8. The topological polar surface area (TPSA) is 93.1 Å². The zero-order valence-electron chi connectivity index (χ0n) is 8.42. The second kappa shape index (κ2) is 3.84. The molecule has 80 valence electrons. The van der Waals surface area contributed by atoms with Crippen LogP contribution in [-0.4, -0.2) is 17.9 Å². The molecule has 1 aromatic rings. The SMILES string of the molecule is Cc1nc(N(N)/C=N\N)ccc1[C@H]1CO1. The van der Waals surface area contributed by atoms with E-state index in [-0.39, 0.29) is 6.10 Å². The van der Waals surface area contributed by atoms with E-state index in [4.69, 9.17) is 16.4 Å². The number of rotatable bonds is 3. The van der Waals surface area contributed by atoms with E-state index < -0.39 is 0 Å². The molecule has 6 heteroatoms. The molecule has 0 bridgehead atoms. The Kier molecular flexibility index (Phi) is 2.53. The molecule has 2 heterocycles. The maximum atomic E-state index is 5.63. The fourth-order valence-electron chi connectivity index (χ4n) is 1.40. The number of anilines is 1. The van der Waals surface area contributed by atoms with Crippen molar-refractivity contribution in [2.45, 2.75) is 13.0 Å². The third-order valence-corrected chi connectivity index (χ3v) is 2.25. The Hall–Kier alpha value is -1.66. The number of hydrogen-bond donors (Lipinski definition) is 2. The number of epoxide rings is 1. The van der Waals surface area contributed by atoms with Crippen LogP contribution in [0.15, 0.2) is 17.2 Å². The maximum absolute atomic E-state index is 5.63. The van der Waals surface area contributed by atoms with Gasteiger partial charge in [-0.1, -0.05) is 6.07 Å². The van der Waals surface area contributed by atoms with Gasteiger partial charge in [0.05, 0.1) is 6.61 Å². The summed E-state index contributed by atoms with van der Waals surface area (Å²) in [4.78, 5) is 4.33. The van der Waals surface area contributed by atoms with Gasteiger partial charge in [-0.15, -0.1) is 0 Å². The molecule has 0 saturated carbocycles. The number of hydrazine groups is 1. The van der Waals surface area contributed by atoms with Gasteiger partial charge in [0.25, 0.3) is 0 Å². The number of ether oxygens (including phenoxy) is 1. The average Bonchev–Trinajstić information content (AvgIpc) is 3.01. The van der Waals surface area contributed by atoms with Gasteiger partial charge >= 0.3 is 0 Å². The van der Waals surface area contributed by atoms with E-state index in [2.05, 4.69) is 10.1 Å². The lowest BCUT2D eigenvalue weighted by atomic mass is 10.1. The molecule has 1 atom stereocenters. The first-order chi connectivity index (χ1) is 7.22. The maximum Gasteiger partial charge on any atom is 0.148 e. The summed E-state index contributed by atoms with van der Waals surface area (Å²) in [5.74, 6) is 11.2. The molecule has 1 aliphatic heterocycles. The molecule has 0 amide bonds. The van der Waals surface area contributed by atoms with E-state index in [1.54, 1.807) is 0 Å². The van der Waals surface area contributed by atoms with Crippen LogP contribution in [0, 0.1) is 6.92 Å². The Morgan fingerprint density at radius 1 is 1.67 bits per heavy atom. The van der Waals surface area contributed by atoms with Crippen molar-refractivity contribution in [2.75, 3.05) is 11.6 Å². The number of pyridine rings is 1. The highest BCUT2D eigenvalue weighted by Crippen LogP contribution is 2.31. The molecule has 0 spiro atoms. The van der Waals surface area contributed by atoms with E-state index in [1.165, 1.54) is 11.3 Å². The minimum absolute atomic E-state index is 0.209. The molecule has 2 rings (SSSR count). The summed E-state index contributed by atoms with van der Waals surface area (Å²) in [5, 5.41) is 4.59. The number of hydrazone groups is 1. The Bertz CT molecular complexity index is 388. The predicted molar refractivity (Wildman–Crippen MR) is 57.0 cm³/mol. The van der Waals surface area contributed by atoms with Crippen LogP contribution in [0.3, 0.4) is 0 Å². The van der Waals surface area contributed by atoms with Gasteiger partial charge in [-0.05, 0) is 13.0 Å². The summed E-state index contributed by atoms with van der Waals surface area (Å²) in [6.07, 6.45) is 1.51. The Labute approximate surface area is 87.5 Å². The smallest absolute Gasteiger partial charge is 0.148 e. The fraction of sp³-hybridized carbons (Fsp3) is 0.333. The van der Waals surface area contributed by atoms with E-state index in [0.717, 1.165) is 17.9 Å². The quantitative estimate of drug-likeness (QED) is 0.240. The molecule has 1 saturated heterocycles. The molecule has 6 nitrogen and oxygen atoms in total. The van der Waals surface area contributed by atoms with Crippen LogP contribution in [0.25, 0.3) is 0 Å². The fourth-order valence-corrected chi connectivity index (χ4v) is 1.40. The van der Waals surface area contributed by atoms with E-state index in [9.17, 15) is 0 Å². The lowest BCUT2D eigenvalue weighted by molar-refractivity contribution is 0.414. The average molecular weight is 207 g/mol. The Balaban J connectivity index is 2.24. The summed E-state index contributed by atoms with van der Waals surface area (Å²) >= 11 is 0. The summed E-state index contributed by atoms with van der Waals surface area (Å²) in [6, 6.07) is 3.77. The molecule has 1 fully saturated rings. The third-order valence-electron chi connectivity index (χ3n) is 2.25. The highest BCUT2D eigenvalue weighted by atomic mass is 16.6. The molecule has 15 heavy (non-hydrogen) atoms. The van der Waals surface area contributed by atoms with Crippen LogP contribution >= 0.6 is 0 Å². The first kappa shape index (κ1) is 9.88. The lowest BCUT2D eigenvalue weighted by Gasteiger charge is -2.12. The monoisotopic (exact) mass is 207 g/mol. The number of hydrogen-bond acceptors (Lipinski definition) is 5. The van der Waals surface area contributed by atoms with Crippen LogP contribution < -0.4 is 16.7 Å². The summed E-state index contributed by atoms with van der Waals surface area (Å²) in [5.41, 5.74) is 2.02. The molecule has 1 aliphatic rings. The minimum atomic E-state index is 0.209. The van der Waals surface area contributed by atoms with E-state index in [0.29, 0.717) is 5.82 Å². The van der Waals surface area contributed by atoms with Crippen molar-refractivity contribution in [3.63, 3.8) is 0 Å². The van der Waals surface area contributed by atoms with Gasteiger partial charge in [-0.2, -0.15) is 5.10 Å². The van der Waals surface area contributed by atoms with Gasteiger partial charge < -0.3 is 10.6 Å². The number of nitrogens with zero attached hydrogens (tertiary/aromatic N) is 3.